The van der Waals surface area contributed by atoms with Crippen LogP contribution in [0.25, 0.3) is 0 Å². The summed E-state index contributed by atoms with van der Waals surface area (Å²) >= 11 is 12.2. The second kappa shape index (κ2) is 6.80. The van der Waals surface area contributed by atoms with E-state index >= 15 is 0 Å². The fourth-order valence-electron chi connectivity index (χ4n) is 2.38. The zero-order chi connectivity index (χ0) is 13.8. The summed E-state index contributed by atoms with van der Waals surface area (Å²) in [7, 11) is 0. The topological polar surface area (TPSA) is 24.5 Å². The van der Waals surface area contributed by atoms with Gasteiger partial charge in [0.15, 0.2) is 0 Å². The first-order valence-electron chi connectivity index (χ1n) is 6.66. The van der Waals surface area contributed by atoms with Gasteiger partial charge in [-0.2, -0.15) is 0 Å². The van der Waals surface area contributed by atoms with E-state index in [0.29, 0.717) is 22.7 Å². The van der Waals surface area contributed by atoms with Crippen molar-refractivity contribution in [2.75, 3.05) is 26.2 Å². The van der Waals surface area contributed by atoms with E-state index in [1.54, 1.807) is 0 Å². The highest BCUT2D eigenvalue weighted by atomic mass is 35.5. The van der Waals surface area contributed by atoms with Crippen molar-refractivity contribution in [2.24, 2.45) is 0 Å². The number of halogens is 2. The minimum Gasteiger partial charge on any atom is -0.493 e. The second-order valence-corrected chi connectivity index (χ2v) is 5.71. The summed E-state index contributed by atoms with van der Waals surface area (Å²) in [6.45, 7) is 8.74. The molecule has 1 aromatic carbocycles. The third-order valence-electron chi connectivity index (χ3n) is 3.25. The first kappa shape index (κ1) is 14.9. The predicted octanol–water partition coefficient (Wildman–Crippen LogP) is 3.19. The molecule has 0 saturated carbocycles. The molecule has 1 aliphatic heterocycles. The summed E-state index contributed by atoms with van der Waals surface area (Å²) in [5.74, 6) is 0.836. The Bertz CT molecular complexity index is 440. The predicted molar refractivity (Wildman–Crippen MR) is 80.4 cm³/mol. The van der Waals surface area contributed by atoms with Crippen LogP contribution < -0.4 is 10.1 Å². The molecule has 1 saturated heterocycles. The molecule has 1 atom stereocenters. The molecule has 2 rings (SSSR count). The molecule has 0 bridgehead atoms. The minimum absolute atomic E-state index is 0.520. The van der Waals surface area contributed by atoms with Crippen LogP contribution >= 0.6 is 23.2 Å². The van der Waals surface area contributed by atoms with Crippen LogP contribution in [-0.4, -0.2) is 37.2 Å². The molecule has 0 spiro atoms. The molecule has 0 radical (unpaired) electrons. The Hall–Kier alpha value is -0.480. The lowest BCUT2D eigenvalue weighted by atomic mass is 10.1. The summed E-state index contributed by atoms with van der Waals surface area (Å²) in [6, 6.07) is 4.25. The molecule has 106 valence electrons. The highest BCUT2D eigenvalue weighted by molar-refractivity contribution is 6.42. The van der Waals surface area contributed by atoms with Gasteiger partial charge in [-0.05, 0) is 19.9 Å². The molecule has 0 amide bonds. The van der Waals surface area contributed by atoms with Gasteiger partial charge >= 0.3 is 0 Å². The van der Waals surface area contributed by atoms with Crippen molar-refractivity contribution < 1.29 is 4.74 Å². The highest BCUT2D eigenvalue weighted by Gasteiger charge is 2.18. The molecular weight excluding hydrogens is 283 g/mol. The first-order chi connectivity index (χ1) is 9.10. The van der Waals surface area contributed by atoms with Gasteiger partial charge in [0.2, 0.25) is 0 Å². The minimum atomic E-state index is 0.520. The quantitative estimate of drug-likeness (QED) is 0.924. The van der Waals surface area contributed by atoms with Gasteiger partial charge in [0.05, 0.1) is 16.7 Å². The molecule has 0 unspecified atom stereocenters. The molecule has 5 heteroatoms. The first-order valence-corrected chi connectivity index (χ1v) is 7.42. The van der Waals surface area contributed by atoms with Crippen LogP contribution in [0.15, 0.2) is 12.1 Å². The maximum atomic E-state index is 6.11. The number of nitrogens with zero attached hydrogens (tertiary/aromatic N) is 1. The van der Waals surface area contributed by atoms with E-state index in [4.69, 9.17) is 27.9 Å². The fourth-order valence-corrected chi connectivity index (χ4v) is 2.72. The molecule has 3 nitrogen and oxygen atoms in total. The number of nitrogens with one attached hydrogen (secondary N) is 1. The Morgan fingerprint density at radius 1 is 1.37 bits per heavy atom. The SMILES string of the molecule is CCOc1cc(Cl)c(Cl)cc1CN1CCN[C@@H](C)C1. The van der Waals surface area contributed by atoms with Crippen LogP contribution in [0.1, 0.15) is 19.4 Å². The van der Waals surface area contributed by atoms with Gasteiger partial charge in [-0.25, -0.2) is 0 Å². The van der Waals surface area contributed by atoms with E-state index in [0.717, 1.165) is 37.5 Å². The normalized spacial score (nSPS) is 20.5. The van der Waals surface area contributed by atoms with E-state index < -0.39 is 0 Å². The summed E-state index contributed by atoms with van der Waals surface area (Å²) in [6.07, 6.45) is 0. The van der Waals surface area contributed by atoms with Crippen LogP contribution in [0.4, 0.5) is 0 Å². The Morgan fingerprint density at radius 3 is 2.79 bits per heavy atom. The second-order valence-electron chi connectivity index (χ2n) is 4.90. The van der Waals surface area contributed by atoms with Crippen molar-refractivity contribution in [2.45, 2.75) is 26.4 Å². The van der Waals surface area contributed by atoms with Crippen molar-refractivity contribution in [3.63, 3.8) is 0 Å². The number of hydrogen-bond donors (Lipinski definition) is 1. The van der Waals surface area contributed by atoms with Crippen molar-refractivity contribution in [3.05, 3.63) is 27.7 Å². The monoisotopic (exact) mass is 302 g/mol. The van der Waals surface area contributed by atoms with Gasteiger partial charge in [-0.3, -0.25) is 4.90 Å². The van der Waals surface area contributed by atoms with Crippen LogP contribution in [0.2, 0.25) is 10.0 Å². The Morgan fingerprint density at radius 2 is 2.11 bits per heavy atom. The summed E-state index contributed by atoms with van der Waals surface area (Å²) in [4.78, 5) is 2.41. The van der Waals surface area contributed by atoms with Crippen LogP contribution in [0.5, 0.6) is 5.75 Å². The lowest BCUT2D eigenvalue weighted by Gasteiger charge is -2.32. The van der Waals surface area contributed by atoms with Crippen molar-refractivity contribution in [1.82, 2.24) is 10.2 Å². The molecular formula is C14H20Cl2N2O. The molecule has 1 aromatic rings. The zero-order valence-corrected chi connectivity index (χ0v) is 12.9. The Labute approximate surface area is 124 Å². The van der Waals surface area contributed by atoms with E-state index in [-0.39, 0.29) is 0 Å². The van der Waals surface area contributed by atoms with Crippen LogP contribution in [-0.2, 0) is 6.54 Å². The van der Waals surface area contributed by atoms with Crippen LogP contribution in [0, 0.1) is 0 Å². The number of benzene rings is 1. The lowest BCUT2D eigenvalue weighted by molar-refractivity contribution is 0.196. The molecule has 1 N–H and O–H groups in total. The lowest BCUT2D eigenvalue weighted by Crippen LogP contribution is -2.48. The number of hydrogen-bond acceptors (Lipinski definition) is 3. The summed E-state index contributed by atoms with van der Waals surface area (Å²) in [5, 5.41) is 4.57. The number of ether oxygens (including phenoxy) is 1. The zero-order valence-electron chi connectivity index (χ0n) is 11.4. The summed E-state index contributed by atoms with van der Waals surface area (Å²) in [5.41, 5.74) is 1.10. The standard InChI is InChI=1S/C14H20Cl2N2O/c1-3-19-14-7-13(16)12(15)6-11(14)9-18-5-4-17-10(2)8-18/h6-7,10,17H,3-5,8-9H2,1-2H3/t10-/m0/s1. The third-order valence-corrected chi connectivity index (χ3v) is 3.97. The molecule has 0 aromatic heterocycles. The molecule has 1 aliphatic rings. The number of rotatable bonds is 4. The maximum absolute atomic E-state index is 6.11. The van der Waals surface area contributed by atoms with Gasteiger partial charge in [0, 0.05) is 43.9 Å². The van der Waals surface area contributed by atoms with E-state index in [9.17, 15) is 0 Å². The molecule has 1 fully saturated rings. The fraction of sp³-hybridized carbons (Fsp3) is 0.571. The van der Waals surface area contributed by atoms with E-state index in [2.05, 4.69) is 17.1 Å². The maximum Gasteiger partial charge on any atom is 0.125 e. The number of piperazine rings is 1. The average Bonchev–Trinajstić information content (AvgIpc) is 2.36. The van der Waals surface area contributed by atoms with Gasteiger partial charge in [-0.1, -0.05) is 23.2 Å². The van der Waals surface area contributed by atoms with Gasteiger partial charge in [0.25, 0.3) is 0 Å². The van der Waals surface area contributed by atoms with E-state index in [1.807, 2.05) is 19.1 Å². The van der Waals surface area contributed by atoms with Gasteiger partial charge in [-0.15, -0.1) is 0 Å². The Balaban J connectivity index is 2.15. The molecule has 0 aliphatic carbocycles. The highest BCUT2D eigenvalue weighted by Crippen LogP contribution is 2.31. The Kier molecular flexibility index (Phi) is 5.34. The van der Waals surface area contributed by atoms with Crippen LogP contribution in [0.3, 0.4) is 0 Å². The summed E-state index contributed by atoms with van der Waals surface area (Å²) < 4.78 is 5.66. The van der Waals surface area contributed by atoms with Crippen molar-refractivity contribution in [3.8, 4) is 5.75 Å². The average molecular weight is 303 g/mol. The smallest absolute Gasteiger partial charge is 0.125 e. The van der Waals surface area contributed by atoms with Gasteiger partial charge in [0.1, 0.15) is 5.75 Å². The molecule has 19 heavy (non-hydrogen) atoms. The third kappa shape index (κ3) is 3.99. The van der Waals surface area contributed by atoms with Gasteiger partial charge < -0.3 is 10.1 Å². The molecule has 1 heterocycles. The van der Waals surface area contributed by atoms with E-state index in [1.165, 1.54) is 0 Å². The van der Waals surface area contributed by atoms with Crippen molar-refractivity contribution in [1.29, 1.82) is 0 Å². The largest absolute Gasteiger partial charge is 0.493 e. The van der Waals surface area contributed by atoms with Crippen molar-refractivity contribution >= 4 is 23.2 Å².